The first-order chi connectivity index (χ1) is 6.59. The monoisotopic (exact) mass is 186 g/mol. The molecule has 72 valence electrons. The van der Waals surface area contributed by atoms with Crippen molar-refractivity contribution in [2.75, 3.05) is 0 Å². The van der Waals surface area contributed by atoms with Gasteiger partial charge < -0.3 is 0 Å². The summed E-state index contributed by atoms with van der Waals surface area (Å²) in [6.45, 7) is 6.57. The van der Waals surface area contributed by atoms with Crippen LogP contribution in [0.1, 0.15) is 26.3 Å². The minimum Gasteiger partial charge on any atom is -0.253 e. The zero-order chi connectivity index (χ0) is 10.2. The van der Waals surface area contributed by atoms with E-state index < -0.39 is 0 Å². The highest BCUT2D eigenvalue weighted by atomic mass is 14.8. The number of rotatable bonds is 0. The van der Waals surface area contributed by atoms with Gasteiger partial charge in [0, 0.05) is 12.4 Å². The molecule has 0 saturated heterocycles. The molecule has 14 heavy (non-hydrogen) atoms. The van der Waals surface area contributed by atoms with Gasteiger partial charge in [-0.1, -0.05) is 32.9 Å². The molecule has 0 amide bonds. The van der Waals surface area contributed by atoms with Crippen LogP contribution in [0.5, 0.6) is 0 Å². The third kappa shape index (κ3) is 1.48. The minimum absolute atomic E-state index is 0.121. The zero-order valence-corrected chi connectivity index (χ0v) is 8.78. The van der Waals surface area contributed by atoms with Gasteiger partial charge in [0.15, 0.2) is 0 Å². The summed E-state index contributed by atoms with van der Waals surface area (Å²) in [6.07, 6.45) is 3.48. The predicted molar refractivity (Wildman–Crippen MR) is 58.2 cm³/mol. The second-order valence-corrected chi connectivity index (χ2v) is 4.48. The highest BCUT2D eigenvalue weighted by Crippen LogP contribution is 2.27. The number of hydrogen-bond donors (Lipinski definition) is 0. The molecule has 1 aromatic heterocycles. The van der Waals surface area contributed by atoms with Gasteiger partial charge in [-0.3, -0.25) is 9.97 Å². The maximum atomic E-state index is 4.39. The van der Waals surface area contributed by atoms with Gasteiger partial charge >= 0.3 is 0 Å². The SMILES string of the molecule is CC(C)(C)c1cccc2nccnc12. The Morgan fingerprint density at radius 1 is 1.00 bits per heavy atom. The van der Waals surface area contributed by atoms with Gasteiger partial charge in [-0.05, 0) is 17.0 Å². The topological polar surface area (TPSA) is 25.8 Å². The Balaban J connectivity index is 2.78. The van der Waals surface area contributed by atoms with Crippen molar-refractivity contribution < 1.29 is 0 Å². The molecule has 0 unspecified atom stereocenters. The summed E-state index contributed by atoms with van der Waals surface area (Å²) in [5, 5.41) is 0. The average Bonchev–Trinajstić information content (AvgIpc) is 2.15. The largest absolute Gasteiger partial charge is 0.253 e. The molecule has 0 N–H and O–H groups in total. The van der Waals surface area contributed by atoms with E-state index in [-0.39, 0.29) is 5.41 Å². The summed E-state index contributed by atoms with van der Waals surface area (Å²) in [7, 11) is 0. The van der Waals surface area contributed by atoms with Gasteiger partial charge in [-0.2, -0.15) is 0 Å². The van der Waals surface area contributed by atoms with Crippen LogP contribution < -0.4 is 0 Å². The van der Waals surface area contributed by atoms with Crippen LogP contribution in [0.4, 0.5) is 0 Å². The summed E-state index contributed by atoms with van der Waals surface area (Å²) >= 11 is 0. The van der Waals surface area contributed by atoms with Crippen molar-refractivity contribution in [3.05, 3.63) is 36.2 Å². The lowest BCUT2D eigenvalue weighted by Gasteiger charge is -2.19. The normalized spacial score (nSPS) is 11.9. The molecule has 2 nitrogen and oxygen atoms in total. The Labute approximate surface area is 84.0 Å². The Morgan fingerprint density at radius 2 is 1.71 bits per heavy atom. The summed E-state index contributed by atoms with van der Waals surface area (Å²) in [4.78, 5) is 8.68. The summed E-state index contributed by atoms with van der Waals surface area (Å²) in [5.74, 6) is 0. The van der Waals surface area contributed by atoms with Crippen molar-refractivity contribution in [2.24, 2.45) is 0 Å². The molecule has 2 rings (SSSR count). The fourth-order valence-electron chi connectivity index (χ4n) is 1.60. The van der Waals surface area contributed by atoms with Crippen molar-refractivity contribution in [2.45, 2.75) is 26.2 Å². The van der Waals surface area contributed by atoms with Crippen LogP contribution in [0, 0.1) is 0 Å². The standard InChI is InChI=1S/C12H14N2/c1-12(2,3)9-5-4-6-10-11(9)14-8-7-13-10/h4-8H,1-3H3. The fourth-order valence-corrected chi connectivity index (χ4v) is 1.60. The summed E-state index contributed by atoms with van der Waals surface area (Å²) < 4.78 is 0. The highest BCUT2D eigenvalue weighted by Gasteiger charge is 2.17. The van der Waals surface area contributed by atoms with E-state index in [1.807, 2.05) is 12.1 Å². The molecule has 0 bridgehead atoms. The first kappa shape index (κ1) is 9.13. The van der Waals surface area contributed by atoms with Crippen LogP contribution in [0.15, 0.2) is 30.6 Å². The molecular weight excluding hydrogens is 172 g/mol. The van der Waals surface area contributed by atoms with E-state index in [2.05, 4.69) is 36.8 Å². The van der Waals surface area contributed by atoms with Crippen molar-refractivity contribution in [3.63, 3.8) is 0 Å². The van der Waals surface area contributed by atoms with E-state index in [9.17, 15) is 0 Å². The molecule has 0 spiro atoms. The van der Waals surface area contributed by atoms with E-state index >= 15 is 0 Å². The van der Waals surface area contributed by atoms with E-state index in [0.717, 1.165) is 11.0 Å². The second kappa shape index (κ2) is 3.05. The van der Waals surface area contributed by atoms with Gasteiger partial charge in [0.05, 0.1) is 11.0 Å². The number of nitrogens with zero attached hydrogens (tertiary/aromatic N) is 2. The summed E-state index contributed by atoms with van der Waals surface area (Å²) in [5.41, 5.74) is 3.36. The lowest BCUT2D eigenvalue weighted by molar-refractivity contribution is 0.594. The van der Waals surface area contributed by atoms with Gasteiger partial charge in [0.2, 0.25) is 0 Å². The maximum Gasteiger partial charge on any atom is 0.0924 e. The number of para-hydroxylation sites is 1. The molecule has 0 fully saturated rings. The molecule has 2 aromatic rings. The molecule has 1 aromatic carbocycles. The molecular formula is C12H14N2. The van der Waals surface area contributed by atoms with Gasteiger partial charge in [-0.15, -0.1) is 0 Å². The Kier molecular flexibility index (Phi) is 1.99. The smallest absolute Gasteiger partial charge is 0.0924 e. The molecule has 1 heterocycles. The van der Waals surface area contributed by atoms with Gasteiger partial charge in [0.25, 0.3) is 0 Å². The van der Waals surface area contributed by atoms with Crippen LogP contribution in [0.2, 0.25) is 0 Å². The number of aromatic nitrogens is 2. The Morgan fingerprint density at radius 3 is 2.43 bits per heavy atom. The molecule has 0 aliphatic heterocycles. The lowest BCUT2D eigenvalue weighted by Crippen LogP contribution is -2.12. The van der Waals surface area contributed by atoms with E-state index in [0.29, 0.717) is 0 Å². The highest BCUT2D eigenvalue weighted by molar-refractivity contribution is 5.78. The van der Waals surface area contributed by atoms with Crippen LogP contribution >= 0.6 is 0 Å². The van der Waals surface area contributed by atoms with Gasteiger partial charge in [-0.25, -0.2) is 0 Å². The predicted octanol–water partition coefficient (Wildman–Crippen LogP) is 2.93. The van der Waals surface area contributed by atoms with E-state index in [1.54, 1.807) is 12.4 Å². The van der Waals surface area contributed by atoms with Crippen molar-refractivity contribution >= 4 is 11.0 Å². The molecule has 0 saturated carbocycles. The first-order valence-corrected chi connectivity index (χ1v) is 4.79. The molecule has 0 aliphatic carbocycles. The van der Waals surface area contributed by atoms with Crippen molar-refractivity contribution in [1.29, 1.82) is 0 Å². The molecule has 0 aliphatic rings. The van der Waals surface area contributed by atoms with Crippen LogP contribution in [0.25, 0.3) is 11.0 Å². The number of benzene rings is 1. The average molecular weight is 186 g/mol. The van der Waals surface area contributed by atoms with Crippen LogP contribution in [0.3, 0.4) is 0 Å². The fraction of sp³-hybridized carbons (Fsp3) is 0.333. The third-order valence-corrected chi connectivity index (χ3v) is 2.31. The van der Waals surface area contributed by atoms with E-state index in [1.165, 1.54) is 5.56 Å². The van der Waals surface area contributed by atoms with Crippen LogP contribution in [-0.4, -0.2) is 9.97 Å². The maximum absolute atomic E-state index is 4.39. The molecule has 2 heteroatoms. The number of fused-ring (bicyclic) bond motifs is 1. The number of hydrogen-bond acceptors (Lipinski definition) is 2. The molecule has 0 atom stereocenters. The first-order valence-electron chi connectivity index (χ1n) is 4.79. The quantitative estimate of drug-likeness (QED) is 0.632. The second-order valence-electron chi connectivity index (χ2n) is 4.48. The van der Waals surface area contributed by atoms with E-state index in [4.69, 9.17) is 0 Å². The third-order valence-electron chi connectivity index (χ3n) is 2.31. The zero-order valence-electron chi connectivity index (χ0n) is 8.78. The van der Waals surface area contributed by atoms with Crippen LogP contribution in [-0.2, 0) is 5.41 Å². The Hall–Kier alpha value is -1.44. The van der Waals surface area contributed by atoms with Crippen molar-refractivity contribution in [3.8, 4) is 0 Å². The Bertz CT molecular complexity index is 450. The minimum atomic E-state index is 0.121. The van der Waals surface area contributed by atoms with Gasteiger partial charge in [0.1, 0.15) is 0 Å². The summed E-state index contributed by atoms with van der Waals surface area (Å²) in [6, 6.07) is 6.16. The van der Waals surface area contributed by atoms with Crippen molar-refractivity contribution in [1.82, 2.24) is 9.97 Å². The lowest BCUT2D eigenvalue weighted by atomic mass is 9.86. The molecule has 0 radical (unpaired) electrons.